The molecule has 1 aromatic carbocycles. The fourth-order valence-electron chi connectivity index (χ4n) is 0.908. The molecule has 0 atom stereocenters. The van der Waals surface area contributed by atoms with E-state index in [0.29, 0.717) is 10.9 Å². The number of amides is 1. The van der Waals surface area contributed by atoms with Crippen molar-refractivity contribution >= 4 is 23.4 Å². The minimum atomic E-state index is -0.513. The molecule has 0 aliphatic rings. The van der Waals surface area contributed by atoms with E-state index in [1.807, 2.05) is 6.07 Å². The lowest BCUT2D eigenvalue weighted by molar-refractivity contribution is 0.182. The SMILES string of the molecule is CNC(=S)N(C)C(=O)Oc1ccccc1. The van der Waals surface area contributed by atoms with Gasteiger partial charge in [0.25, 0.3) is 0 Å². The predicted molar refractivity (Wildman–Crippen MR) is 61.9 cm³/mol. The zero-order chi connectivity index (χ0) is 11.3. The first-order valence-corrected chi connectivity index (χ1v) is 4.78. The van der Waals surface area contributed by atoms with Crippen LogP contribution in [0.5, 0.6) is 5.75 Å². The molecule has 0 unspecified atom stereocenters. The van der Waals surface area contributed by atoms with Crippen LogP contribution in [0.25, 0.3) is 0 Å². The van der Waals surface area contributed by atoms with Crippen LogP contribution < -0.4 is 10.1 Å². The first kappa shape index (κ1) is 11.5. The molecule has 80 valence electrons. The summed E-state index contributed by atoms with van der Waals surface area (Å²) in [5, 5.41) is 3.00. The highest BCUT2D eigenvalue weighted by Crippen LogP contribution is 2.09. The van der Waals surface area contributed by atoms with Gasteiger partial charge in [-0.05, 0) is 24.4 Å². The quantitative estimate of drug-likeness (QED) is 0.736. The van der Waals surface area contributed by atoms with Crippen molar-refractivity contribution in [2.45, 2.75) is 0 Å². The zero-order valence-corrected chi connectivity index (χ0v) is 9.38. The first-order chi connectivity index (χ1) is 7.15. The van der Waals surface area contributed by atoms with Crippen molar-refractivity contribution in [1.82, 2.24) is 10.2 Å². The van der Waals surface area contributed by atoms with E-state index >= 15 is 0 Å². The minimum Gasteiger partial charge on any atom is -0.410 e. The van der Waals surface area contributed by atoms with Crippen molar-refractivity contribution in [3.63, 3.8) is 0 Å². The van der Waals surface area contributed by atoms with Crippen molar-refractivity contribution in [3.8, 4) is 5.75 Å². The van der Waals surface area contributed by atoms with Gasteiger partial charge in [0, 0.05) is 14.1 Å². The summed E-state index contributed by atoms with van der Waals surface area (Å²) in [6, 6.07) is 8.83. The second-order valence-electron chi connectivity index (χ2n) is 2.80. The maximum Gasteiger partial charge on any atom is 0.421 e. The highest BCUT2D eigenvalue weighted by atomic mass is 32.1. The van der Waals surface area contributed by atoms with Crippen LogP contribution in [0.4, 0.5) is 4.79 Å². The summed E-state index contributed by atoms with van der Waals surface area (Å²) in [4.78, 5) is 12.7. The molecule has 4 nitrogen and oxygen atoms in total. The second-order valence-corrected chi connectivity index (χ2v) is 3.18. The molecule has 0 saturated carbocycles. The number of carbonyl (C=O) groups excluding carboxylic acids is 1. The molecule has 0 spiro atoms. The Morgan fingerprint density at radius 1 is 1.40 bits per heavy atom. The van der Waals surface area contributed by atoms with Gasteiger partial charge in [-0.25, -0.2) is 4.79 Å². The molecule has 1 amide bonds. The number of carbonyl (C=O) groups is 1. The van der Waals surface area contributed by atoms with Gasteiger partial charge in [0.15, 0.2) is 5.11 Å². The molecule has 0 radical (unpaired) electrons. The van der Waals surface area contributed by atoms with Crippen LogP contribution in [-0.4, -0.2) is 30.2 Å². The Hall–Kier alpha value is -1.62. The number of hydrogen-bond acceptors (Lipinski definition) is 3. The third kappa shape index (κ3) is 3.21. The Labute approximate surface area is 93.8 Å². The number of ether oxygens (including phenoxy) is 1. The van der Waals surface area contributed by atoms with E-state index < -0.39 is 6.09 Å². The van der Waals surface area contributed by atoms with Gasteiger partial charge in [0.05, 0.1) is 0 Å². The van der Waals surface area contributed by atoms with E-state index in [4.69, 9.17) is 17.0 Å². The summed E-state index contributed by atoms with van der Waals surface area (Å²) in [7, 11) is 3.19. The predicted octanol–water partition coefficient (Wildman–Crippen LogP) is 1.62. The van der Waals surface area contributed by atoms with Gasteiger partial charge in [0.2, 0.25) is 0 Å². The first-order valence-electron chi connectivity index (χ1n) is 4.37. The maximum absolute atomic E-state index is 11.5. The van der Waals surface area contributed by atoms with E-state index in [1.165, 1.54) is 4.90 Å². The van der Waals surface area contributed by atoms with Crippen molar-refractivity contribution in [3.05, 3.63) is 30.3 Å². The molecule has 1 rings (SSSR count). The number of para-hydroxylation sites is 1. The molecule has 0 aromatic heterocycles. The van der Waals surface area contributed by atoms with Crippen LogP contribution in [-0.2, 0) is 0 Å². The summed E-state index contributed by atoms with van der Waals surface area (Å²) in [6.07, 6.45) is -0.513. The summed E-state index contributed by atoms with van der Waals surface area (Å²) in [5.41, 5.74) is 0. The Morgan fingerprint density at radius 3 is 2.53 bits per heavy atom. The van der Waals surface area contributed by atoms with Crippen LogP contribution in [0.2, 0.25) is 0 Å². The summed E-state index contributed by atoms with van der Waals surface area (Å²) >= 11 is 4.88. The minimum absolute atomic E-state index is 0.316. The van der Waals surface area contributed by atoms with Crippen LogP contribution in [0.3, 0.4) is 0 Å². The van der Waals surface area contributed by atoms with Crippen molar-refractivity contribution < 1.29 is 9.53 Å². The summed E-state index contributed by atoms with van der Waals surface area (Å²) < 4.78 is 5.06. The van der Waals surface area contributed by atoms with Gasteiger partial charge >= 0.3 is 6.09 Å². The molecule has 1 N–H and O–H groups in total. The van der Waals surface area contributed by atoms with E-state index in [-0.39, 0.29) is 0 Å². The Balaban J connectivity index is 2.60. The molecule has 5 heteroatoms. The van der Waals surface area contributed by atoms with E-state index in [9.17, 15) is 4.79 Å². The number of nitrogens with one attached hydrogen (secondary N) is 1. The van der Waals surface area contributed by atoms with Crippen LogP contribution in [0.15, 0.2) is 30.3 Å². The number of rotatable bonds is 1. The highest BCUT2D eigenvalue weighted by Gasteiger charge is 2.14. The highest BCUT2D eigenvalue weighted by molar-refractivity contribution is 7.80. The lowest BCUT2D eigenvalue weighted by Gasteiger charge is -2.16. The van der Waals surface area contributed by atoms with E-state index in [0.717, 1.165) is 0 Å². The fourth-order valence-corrected chi connectivity index (χ4v) is 0.983. The largest absolute Gasteiger partial charge is 0.421 e. The van der Waals surface area contributed by atoms with E-state index in [2.05, 4.69) is 5.32 Å². The number of benzene rings is 1. The van der Waals surface area contributed by atoms with Crippen LogP contribution >= 0.6 is 12.2 Å². The molecule has 0 heterocycles. The molecule has 0 saturated heterocycles. The third-order valence-electron chi connectivity index (χ3n) is 1.74. The fraction of sp³-hybridized carbons (Fsp3) is 0.200. The van der Waals surface area contributed by atoms with Crippen molar-refractivity contribution in [2.24, 2.45) is 0 Å². The molecular formula is C10H12N2O2S. The van der Waals surface area contributed by atoms with E-state index in [1.54, 1.807) is 38.4 Å². The van der Waals surface area contributed by atoms with Gasteiger partial charge in [-0.15, -0.1) is 0 Å². The lowest BCUT2D eigenvalue weighted by Crippen LogP contribution is -2.40. The second kappa shape index (κ2) is 5.31. The average Bonchev–Trinajstić information content (AvgIpc) is 2.28. The van der Waals surface area contributed by atoms with Gasteiger partial charge in [0.1, 0.15) is 5.75 Å². The number of hydrogen-bond donors (Lipinski definition) is 1. The zero-order valence-electron chi connectivity index (χ0n) is 8.56. The normalized spacial score (nSPS) is 9.20. The number of thiocarbonyl (C=S) groups is 1. The molecule has 0 aliphatic heterocycles. The summed E-state index contributed by atoms with van der Waals surface area (Å²) in [6.45, 7) is 0. The lowest BCUT2D eigenvalue weighted by atomic mass is 10.3. The maximum atomic E-state index is 11.5. The van der Waals surface area contributed by atoms with Crippen LogP contribution in [0, 0.1) is 0 Å². The monoisotopic (exact) mass is 224 g/mol. The van der Waals surface area contributed by atoms with Crippen molar-refractivity contribution in [2.75, 3.05) is 14.1 Å². The van der Waals surface area contributed by atoms with Gasteiger partial charge in [-0.2, -0.15) is 0 Å². The van der Waals surface area contributed by atoms with Gasteiger partial charge in [-0.1, -0.05) is 18.2 Å². The summed E-state index contributed by atoms with van der Waals surface area (Å²) in [5.74, 6) is 0.494. The standard InChI is InChI=1S/C10H12N2O2S/c1-11-9(15)12(2)10(13)14-8-6-4-3-5-7-8/h3-7H,1-2H3,(H,11,15). The molecule has 0 bridgehead atoms. The topological polar surface area (TPSA) is 41.6 Å². The molecule has 0 aliphatic carbocycles. The number of nitrogens with zero attached hydrogens (tertiary/aromatic N) is 1. The third-order valence-corrected chi connectivity index (χ3v) is 2.22. The Morgan fingerprint density at radius 2 is 2.00 bits per heavy atom. The molecule has 15 heavy (non-hydrogen) atoms. The average molecular weight is 224 g/mol. The molecule has 1 aromatic rings. The molecule has 0 fully saturated rings. The van der Waals surface area contributed by atoms with Gasteiger partial charge in [-0.3, -0.25) is 4.90 Å². The van der Waals surface area contributed by atoms with Gasteiger partial charge < -0.3 is 10.1 Å². The Kier molecular flexibility index (Phi) is 4.05. The molecular weight excluding hydrogens is 212 g/mol. The van der Waals surface area contributed by atoms with Crippen molar-refractivity contribution in [1.29, 1.82) is 0 Å². The smallest absolute Gasteiger partial charge is 0.410 e. The van der Waals surface area contributed by atoms with Crippen LogP contribution in [0.1, 0.15) is 0 Å². The Bertz CT molecular complexity index is 354.